The van der Waals surface area contributed by atoms with Gasteiger partial charge in [-0.15, -0.1) is 0 Å². The Labute approximate surface area is 128 Å². The molecule has 3 atom stereocenters. The van der Waals surface area contributed by atoms with Gasteiger partial charge in [0, 0.05) is 45.2 Å². The molecular weight excluding hydrogens is 266 g/mol. The first-order valence-corrected chi connectivity index (χ1v) is 7.54. The molecule has 0 aliphatic heterocycles. The summed E-state index contributed by atoms with van der Waals surface area (Å²) in [5.41, 5.74) is 7.55. The van der Waals surface area contributed by atoms with Gasteiger partial charge in [0.1, 0.15) is 0 Å². The number of rotatable bonds is 10. The highest BCUT2D eigenvalue weighted by atomic mass is 16.5. The first-order valence-electron chi connectivity index (χ1n) is 7.54. The van der Waals surface area contributed by atoms with E-state index in [-0.39, 0.29) is 18.1 Å². The van der Waals surface area contributed by atoms with Crippen LogP contribution >= 0.6 is 0 Å². The van der Waals surface area contributed by atoms with Gasteiger partial charge >= 0.3 is 0 Å². The lowest BCUT2D eigenvalue weighted by Gasteiger charge is -2.39. The summed E-state index contributed by atoms with van der Waals surface area (Å²) in [4.78, 5) is 6.60. The number of aromatic nitrogens is 1. The van der Waals surface area contributed by atoms with E-state index >= 15 is 0 Å². The van der Waals surface area contributed by atoms with E-state index in [1.807, 2.05) is 12.3 Å². The predicted molar refractivity (Wildman–Crippen MR) is 85.2 cm³/mol. The van der Waals surface area contributed by atoms with Gasteiger partial charge < -0.3 is 15.2 Å². The van der Waals surface area contributed by atoms with Crippen molar-refractivity contribution in [3.8, 4) is 0 Å². The Morgan fingerprint density at radius 2 is 2.10 bits per heavy atom. The topological polar surface area (TPSA) is 60.6 Å². The highest BCUT2D eigenvalue weighted by Crippen LogP contribution is 2.26. The van der Waals surface area contributed by atoms with E-state index in [0.29, 0.717) is 13.2 Å². The summed E-state index contributed by atoms with van der Waals surface area (Å²) in [7, 11) is 3.45. The van der Waals surface area contributed by atoms with Crippen LogP contribution in [0, 0.1) is 0 Å². The minimum absolute atomic E-state index is 0.0466. The molecule has 120 valence electrons. The highest BCUT2D eigenvalue weighted by molar-refractivity contribution is 5.16. The van der Waals surface area contributed by atoms with Crippen LogP contribution in [-0.4, -0.2) is 55.9 Å². The Balaban J connectivity index is 3.04. The third-order valence-corrected chi connectivity index (χ3v) is 3.79. The smallest absolute Gasteiger partial charge is 0.0615 e. The molecule has 0 amide bonds. The second kappa shape index (κ2) is 9.84. The van der Waals surface area contributed by atoms with Crippen LogP contribution < -0.4 is 5.73 Å². The van der Waals surface area contributed by atoms with Crippen molar-refractivity contribution in [3.63, 3.8) is 0 Å². The van der Waals surface area contributed by atoms with Gasteiger partial charge in [-0.2, -0.15) is 0 Å². The standard InChI is InChI=1S/C16H29N3O2/c1-5-15(17)16(14-7-6-8-18-11-14)19(9-10-20-3)13(2)12-21-4/h6-8,11,13,15-16H,5,9-10,12,17H2,1-4H3. The molecule has 2 N–H and O–H groups in total. The number of hydrogen-bond donors (Lipinski definition) is 1. The van der Waals surface area contributed by atoms with Gasteiger partial charge in [0.25, 0.3) is 0 Å². The zero-order valence-electron chi connectivity index (χ0n) is 13.7. The minimum Gasteiger partial charge on any atom is -0.383 e. The van der Waals surface area contributed by atoms with Crippen LogP contribution in [0.5, 0.6) is 0 Å². The third-order valence-electron chi connectivity index (χ3n) is 3.79. The van der Waals surface area contributed by atoms with E-state index in [2.05, 4.69) is 29.8 Å². The molecule has 0 radical (unpaired) electrons. The number of nitrogens with two attached hydrogens (primary N) is 1. The van der Waals surface area contributed by atoms with Gasteiger partial charge in [0.15, 0.2) is 0 Å². The summed E-state index contributed by atoms with van der Waals surface area (Å²) in [6, 6.07) is 4.47. The van der Waals surface area contributed by atoms with Crippen molar-refractivity contribution in [1.82, 2.24) is 9.88 Å². The highest BCUT2D eigenvalue weighted by Gasteiger charge is 2.29. The molecule has 0 spiro atoms. The Hall–Kier alpha value is -1.01. The molecule has 1 aromatic rings. The van der Waals surface area contributed by atoms with Crippen molar-refractivity contribution >= 4 is 0 Å². The number of ether oxygens (including phenoxy) is 2. The number of pyridine rings is 1. The summed E-state index contributed by atoms with van der Waals surface area (Å²) in [6.07, 6.45) is 4.60. The molecule has 5 heteroatoms. The van der Waals surface area contributed by atoms with Crippen molar-refractivity contribution in [3.05, 3.63) is 30.1 Å². The van der Waals surface area contributed by atoms with Crippen LogP contribution in [0.3, 0.4) is 0 Å². The van der Waals surface area contributed by atoms with Gasteiger partial charge in [-0.05, 0) is 25.0 Å². The summed E-state index contributed by atoms with van der Waals surface area (Å²) < 4.78 is 10.6. The van der Waals surface area contributed by atoms with Crippen molar-refractivity contribution in [1.29, 1.82) is 0 Å². The van der Waals surface area contributed by atoms with Crippen LogP contribution in [0.1, 0.15) is 31.9 Å². The zero-order chi connectivity index (χ0) is 15.7. The summed E-state index contributed by atoms with van der Waals surface area (Å²) >= 11 is 0. The normalized spacial score (nSPS) is 15.9. The lowest BCUT2D eigenvalue weighted by molar-refractivity contribution is 0.0377. The average molecular weight is 295 g/mol. The van der Waals surface area contributed by atoms with Crippen LogP contribution in [-0.2, 0) is 9.47 Å². The maximum Gasteiger partial charge on any atom is 0.0615 e. The molecule has 3 unspecified atom stereocenters. The van der Waals surface area contributed by atoms with Crippen molar-refractivity contribution in [2.24, 2.45) is 5.73 Å². The molecule has 0 aromatic carbocycles. The van der Waals surface area contributed by atoms with Crippen molar-refractivity contribution in [2.45, 2.75) is 38.4 Å². The molecule has 0 fully saturated rings. The second-order valence-corrected chi connectivity index (χ2v) is 5.34. The Morgan fingerprint density at radius 1 is 1.33 bits per heavy atom. The molecule has 1 heterocycles. The van der Waals surface area contributed by atoms with Gasteiger partial charge in [0.05, 0.1) is 19.3 Å². The number of hydrogen-bond acceptors (Lipinski definition) is 5. The SMILES string of the molecule is CCC(N)C(c1cccnc1)N(CCOC)C(C)COC. The largest absolute Gasteiger partial charge is 0.383 e. The van der Waals surface area contributed by atoms with E-state index in [9.17, 15) is 0 Å². The van der Waals surface area contributed by atoms with E-state index in [1.165, 1.54) is 0 Å². The molecule has 0 saturated carbocycles. The molecule has 5 nitrogen and oxygen atoms in total. The summed E-state index contributed by atoms with van der Waals surface area (Å²) in [6.45, 7) is 6.42. The van der Waals surface area contributed by atoms with Crippen LogP contribution in [0.4, 0.5) is 0 Å². The van der Waals surface area contributed by atoms with E-state index in [1.54, 1.807) is 20.4 Å². The quantitative estimate of drug-likeness (QED) is 0.714. The fraction of sp³-hybridized carbons (Fsp3) is 0.688. The first kappa shape index (κ1) is 18.0. The van der Waals surface area contributed by atoms with Gasteiger partial charge in [-0.3, -0.25) is 9.88 Å². The van der Waals surface area contributed by atoms with E-state index < -0.39 is 0 Å². The second-order valence-electron chi connectivity index (χ2n) is 5.34. The maximum atomic E-state index is 6.40. The van der Waals surface area contributed by atoms with Gasteiger partial charge in [-0.25, -0.2) is 0 Å². The molecule has 0 saturated heterocycles. The van der Waals surface area contributed by atoms with E-state index in [4.69, 9.17) is 15.2 Å². The Kier molecular flexibility index (Phi) is 8.45. The molecule has 1 aromatic heterocycles. The molecule has 1 rings (SSSR count). The van der Waals surface area contributed by atoms with Crippen LogP contribution in [0.15, 0.2) is 24.5 Å². The van der Waals surface area contributed by atoms with Crippen LogP contribution in [0.2, 0.25) is 0 Å². The average Bonchev–Trinajstić information content (AvgIpc) is 2.51. The number of methoxy groups -OCH3 is 2. The lowest BCUT2D eigenvalue weighted by atomic mass is 9.96. The molecular formula is C16H29N3O2. The monoisotopic (exact) mass is 295 g/mol. The molecule has 0 aliphatic rings. The summed E-state index contributed by atoms with van der Waals surface area (Å²) in [5.74, 6) is 0. The minimum atomic E-state index is 0.0466. The third kappa shape index (κ3) is 5.36. The van der Waals surface area contributed by atoms with E-state index in [0.717, 1.165) is 18.5 Å². The van der Waals surface area contributed by atoms with Crippen LogP contribution in [0.25, 0.3) is 0 Å². The Bertz CT molecular complexity index is 375. The van der Waals surface area contributed by atoms with Crippen molar-refractivity contribution in [2.75, 3.05) is 34.0 Å². The molecule has 0 aliphatic carbocycles. The fourth-order valence-electron chi connectivity index (χ4n) is 2.63. The van der Waals surface area contributed by atoms with Crippen molar-refractivity contribution < 1.29 is 9.47 Å². The summed E-state index contributed by atoms with van der Waals surface area (Å²) in [5, 5.41) is 0. The molecule has 0 bridgehead atoms. The Morgan fingerprint density at radius 3 is 2.62 bits per heavy atom. The lowest BCUT2D eigenvalue weighted by Crippen LogP contribution is -2.48. The predicted octanol–water partition coefficient (Wildman–Crippen LogP) is 1.84. The maximum absolute atomic E-state index is 6.40. The first-order chi connectivity index (χ1) is 10.2. The number of nitrogens with zero attached hydrogens (tertiary/aromatic N) is 2. The van der Waals surface area contributed by atoms with Gasteiger partial charge in [0.2, 0.25) is 0 Å². The van der Waals surface area contributed by atoms with Gasteiger partial charge in [-0.1, -0.05) is 13.0 Å². The zero-order valence-corrected chi connectivity index (χ0v) is 13.7. The molecule has 21 heavy (non-hydrogen) atoms. The fourth-order valence-corrected chi connectivity index (χ4v) is 2.63.